The quantitative estimate of drug-likeness (QED) is 0.647. The smallest absolute Gasteiger partial charge is 0.123 e. The van der Waals surface area contributed by atoms with E-state index >= 15 is 0 Å². The van der Waals surface area contributed by atoms with Gasteiger partial charge in [-0.1, -0.05) is 24.3 Å². The molecule has 0 spiro atoms. The van der Waals surface area contributed by atoms with Crippen molar-refractivity contribution in [2.45, 2.75) is 13.8 Å². The lowest BCUT2D eigenvalue weighted by molar-refractivity contribution is 0.477. The number of rotatable bonds is 0. The Hall–Kier alpha value is -1.50. The van der Waals surface area contributed by atoms with Crippen LogP contribution in [-0.4, -0.2) is 5.11 Å². The van der Waals surface area contributed by atoms with Crippen molar-refractivity contribution in [2.24, 2.45) is 0 Å². The van der Waals surface area contributed by atoms with Gasteiger partial charge in [0.2, 0.25) is 0 Å². The Labute approximate surface area is 78.0 Å². The first-order valence-corrected chi connectivity index (χ1v) is 4.38. The Morgan fingerprint density at radius 2 is 1.69 bits per heavy atom. The van der Waals surface area contributed by atoms with Crippen LogP contribution in [0.25, 0.3) is 11.1 Å². The summed E-state index contributed by atoms with van der Waals surface area (Å²) in [6, 6.07) is 9.73. The van der Waals surface area contributed by atoms with Crippen molar-refractivity contribution in [1.82, 2.24) is 0 Å². The average Bonchev–Trinajstić information content (AvgIpc) is 2.40. The molecule has 0 aromatic carbocycles. The molecule has 66 valence electrons. The molecular weight excluding hydrogens is 160 g/mol. The van der Waals surface area contributed by atoms with E-state index in [2.05, 4.69) is 13.0 Å². The molecule has 0 heterocycles. The zero-order valence-corrected chi connectivity index (χ0v) is 7.83. The summed E-state index contributed by atoms with van der Waals surface area (Å²) < 4.78 is 0. The second kappa shape index (κ2) is 2.77. The van der Waals surface area contributed by atoms with Crippen LogP contribution in [0.15, 0.2) is 30.3 Å². The maximum atomic E-state index is 9.73. The van der Waals surface area contributed by atoms with Gasteiger partial charge in [0.15, 0.2) is 0 Å². The maximum absolute atomic E-state index is 9.73. The van der Waals surface area contributed by atoms with Crippen LogP contribution in [0.5, 0.6) is 5.75 Å². The molecule has 2 rings (SSSR count). The van der Waals surface area contributed by atoms with Gasteiger partial charge in [0.1, 0.15) is 5.75 Å². The molecule has 0 aromatic rings. The van der Waals surface area contributed by atoms with Crippen molar-refractivity contribution in [3.8, 4) is 16.9 Å². The molecule has 2 aliphatic carbocycles. The van der Waals surface area contributed by atoms with Crippen molar-refractivity contribution in [1.29, 1.82) is 0 Å². The van der Waals surface area contributed by atoms with Crippen LogP contribution in [0, 0.1) is 13.8 Å². The van der Waals surface area contributed by atoms with Gasteiger partial charge in [-0.15, -0.1) is 0 Å². The molecule has 0 saturated carbocycles. The third-order valence-electron chi connectivity index (χ3n) is 2.44. The summed E-state index contributed by atoms with van der Waals surface area (Å²) in [4.78, 5) is 0. The molecule has 2 aliphatic rings. The van der Waals surface area contributed by atoms with E-state index < -0.39 is 0 Å². The third-order valence-corrected chi connectivity index (χ3v) is 2.44. The van der Waals surface area contributed by atoms with E-state index in [0.717, 1.165) is 16.7 Å². The van der Waals surface area contributed by atoms with Gasteiger partial charge in [-0.05, 0) is 36.6 Å². The molecule has 0 aromatic heterocycles. The van der Waals surface area contributed by atoms with E-state index in [1.54, 1.807) is 6.07 Å². The molecule has 1 heteroatoms. The minimum atomic E-state index is 0.366. The fraction of sp³-hybridized carbons (Fsp3) is 0.167. The van der Waals surface area contributed by atoms with Crippen molar-refractivity contribution in [2.75, 3.05) is 0 Å². The predicted molar refractivity (Wildman–Crippen MR) is 54.2 cm³/mol. The second-order valence-electron chi connectivity index (χ2n) is 3.40. The summed E-state index contributed by atoms with van der Waals surface area (Å²) >= 11 is 0. The molecule has 0 saturated heterocycles. The normalized spacial score (nSPS) is 10.6. The molecule has 0 amide bonds. The van der Waals surface area contributed by atoms with Crippen LogP contribution in [0.3, 0.4) is 0 Å². The highest BCUT2D eigenvalue weighted by molar-refractivity contribution is 5.78. The molecule has 0 aliphatic heterocycles. The first-order chi connectivity index (χ1) is 6.20. The average molecular weight is 172 g/mol. The lowest BCUT2D eigenvalue weighted by atomic mass is 10.1. The monoisotopic (exact) mass is 172 g/mol. The van der Waals surface area contributed by atoms with Crippen LogP contribution < -0.4 is 0 Å². The lowest BCUT2D eigenvalue weighted by Crippen LogP contribution is -1.76. The van der Waals surface area contributed by atoms with Crippen LogP contribution >= 0.6 is 0 Å². The highest BCUT2D eigenvalue weighted by Crippen LogP contribution is 2.36. The molecule has 1 N–H and O–H groups in total. The van der Waals surface area contributed by atoms with Crippen LogP contribution in [0.4, 0.5) is 0 Å². The highest BCUT2D eigenvalue weighted by Gasteiger charge is 2.11. The van der Waals surface area contributed by atoms with Gasteiger partial charge in [0, 0.05) is 5.56 Å². The van der Waals surface area contributed by atoms with E-state index in [4.69, 9.17) is 0 Å². The molecule has 0 atom stereocenters. The summed E-state index contributed by atoms with van der Waals surface area (Å²) in [6.07, 6.45) is 0. The van der Waals surface area contributed by atoms with Gasteiger partial charge in [0.05, 0.1) is 0 Å². The highest BCUT2D eigenvalue weighted by atomic mass is 16.3. The van der Waals surface area contributed by atoms with Gasteiger partial charge in [0.25, 0.3) is 0 Å². The van der Waals surface area contributed by atoms with Crippen molar-refractivity contribution in [3.63, 3.8) is 0 Å². The van der Waals surface area contributed by atoms with Gasteiger partial charge in [-0.3, -0.25) is 0 Å². The zero-order chi connectivity index (χ0) is 9.42. The topological polar surface area (TPSA) is 20.2 Å². The molecule has 0 fully saturated rings. The second-order valence-corrected chi connectivity index (χ2v) is 3.40. The first-order valence-electron chi connectivity index (χ1n) is 4.38. The Kier molecular flexibility index (Phi) is 1.73. The van der Waals surface area contributed by atoms with E-state index in [1.165, 1.54) is 5.56 Å². The summed E-state index contributed by atoms with van der Waals surface area (Å²) in [7, 11) is 0. The van der Waals surface area contributed by atoms with Crippen molar-refractivity contribution in [3.05, 3.63) is 41.5 Å². The number of fused-ring (bicyclic) bond motifs is 1. The van der Waals surface area contributed by atoms with Crippen LogP contribution in [-0.2, 0) is 0 Å². The largest absolute Gasteiger partial charge is 0.507 e. The van der Waals surface area contributed by atoms with Gasteiger partial charge < -0.3 is 5.11 Å². The van der Waals surface area contributed by atoms with Gasteiger partial charge in [-0.25, -0.2) is 0 Å². The molecule has 0 unspecified atom stereocenters. The molecule has 1 nitrogen and oxygen atoms in total. The third kappa shape index (κ3) is 1.17. The van der Waals surface area contributed by atoms with Crippen molar-refractivity contribution >= 4 is 0 Å². The molecule has 13 heavy (non-hydrogen) atoms. The number of hydrogen-bond acceptors (Lipinski definition) is 1. The first kappa shape index (κ1) is 8.11. The maximum Gasteiger partial charge on any atom is 0.123 e. The van der Waals surface area contributed by atoms with Crippen LogP contribution in [0.1, 0.15) is 11.1 Å². The van der Waals surface area contributed by atoms with E-state index in [9.17, 15) is 5.11 Å². The fourth-order valence-corrected chi connectivity index (χ4v) is 1.71. The molecular formula is C12H12O. The zero-order valence-electron chi connectivity index (χ0n) is 7.83. The summed E-state index contributed by atoms with van der Waals surface area (Å²) in [6.45, 7) is 4.07. The van der Waals surface area contributed by atoms with Crippen molar-refractivity contribution < 1.29 is 5.11 Å². The Bertz CT molecular complexity index is 418. The Morgan fingerprint density at radius 1 is 0.923 bits per heavy atom. The Morgan fingerprint density at radius 3 is 2.46 bits per heavy atom. The van der Waals surface area contributed by atoms with Gasteiger partial charge in [-0.2, -0.15) is 0 Å². The Balaban J connectivity index is 2.86. The summed E-state index contributed by atoms with van der Waals surface area (Å²) in [5.74, 6) is 0.366. The summed E-state index contributed by atoms with van der Waals surface area (Å²) in [5.41, 5.74) is 4.44. The minimum Gasteiger partial charge on any atom is -0.507 e. The molecule has 0 bridgehead atoms. The standard InChI is InChI=1S/C12H12O/c1-8-4-3-5-11(13)12-9(2)6-7-10(8)12/h3-7,13H,1-2H3. The SMILES string of the molecule is Cc1cccc(O)c2c(C)ccc1-2. The molecule has 0 radical (unpaired) electrons. The number of hydrogen-bond donors (Lipinski definition) is 1. The van der Waals surface area contributed by atoms with Crippen LogP contribution in [0.2, 0.25) is 0 Å². The van der Waals surface area contributed by atoms with Gasteiger partial charge >= 0.3 is 0 Å². The number of aryl methyl sites for hydroxylation is 2. The lowest BCUT2D eigenvalue weighted by Gasteiger charge is -2.00. The van der Waals surface area contributed by atoms with E-state index in [0.29, 0.717) is 5.75 Å². The predicted octanol–water partition coefficient (Wildman–Crippen LogP) is 3.11. The minimum absolute atomic E-state index is 0.366. The summed E-state index contributed by atoms with van der Waals surface area (Å²) in [5, 5.41) is 9.73. The van der Waals surface area contributed by atoms with E-state index in [-0.39, 0.29) is 0 Å². The fourth-order valence-electron chi connectivity index (χ4n) is 1.71. The van der Waals surface area contributed by atoms with E-state index in [1.807, 2.05) is 25.1 Å². The number of aromatic hydroxyl groups is 1.